The highest BCUT2D eigenvalue weighted by Gasteiger charge is 2.24. The number of hydrogen-bond donors (Lipinski definition) is 2. The van der Waals surface area contributed by atoms with Crippen molar-refractivity contribution in [3.63, 3.8) is 0 Å². The second-order valence-corrected chi connectivity index (χ2v) is 7.10. The number of methoxy groups -OCH3 is 1. The maximum atomic E-state index is 13.0. The van der Waals surface area contributed by atoms with Crippen molar-refractivity contribution in [1.29, 1.82) is 0 Å². The van der Waals surface area contributed by atoms with Crippen LogP contribution in [0.2, 0.25) is 0 Å². The van der Waals surface area contributed by atoms with E-state index in [1.54, 1.807) is 19.1 Å². The lowest BCUT2D eigenvalue weighted by atomic mass is 10.0. The molecule has 7 heteroatoms. The molecule has 7 nitrogen and oxygen atoms in total. The molecule has 158 valence electrons. The molecule has 0 saturated heterocycles. The molecule has 1 atom stereocenters. The number of aromatic nitrogens is 1. The molecule has 0 radical (unpaired) electrons. The average molecular weight is 409 g/mol. The Hall–Kier alpha value is -3.48. The van der Waals surface area contributed by atoms with Gasteiger partial charge in [-0.15, -0.1) is 0 Å². The van der Waals surface area contributed by atoms with Crippen LogP contribution >= 0.6 is 0 Å². The third-order valence-electron chi connectivity index (χ3n) is 4.91. The number of aromatic amines is 1. The highest BCUT2D eigenvalue weighted by atomic mass is 16.5. The summed E-state index contributed by atoms with van der Waals surface area (Å²) in [5, 5.41) is 3.83. The van der Waals surface area contributed by atoms with Crippen molar-refractivity contribution < 1.29 is 19.1 Å². The standard InChI is InChI=1S/C23H27N3O4/c1-16(27)25-22(14-17-15-24-21-7-5-4-6-20(17)21)23(28)26(2)12-13-30-19-10-8-18(29-3)9-11-19/h4-11,15,22,24H,12-14H2,1-3H3,(H,25,27)/t22-/m0/s1. The van der Waals surface area contributed by atoms with Crippen LogP contribution in [0.15, 0.2) is 54.7 Å². The predicted molar refractivity (Wildman–Crippen MR) is 116 cm³/mol. The minimum absolute atomic E-state index is 0.159. The van der Waals surface area contributed by atoms with E-state index in [-0.39, 0.29) is 11.8 Å². The molecular weight excluding hydrogens is 382 g/mol. The fourth-order valence-electron chi connectivity index (χ4n) is 3.31. The number of hydrogen-bond acceptors (Lipinski definition) is 4. The number of rotatable bonds is 9. The van der Waals surface area contributed by atoms with Crippen molar-refractivity contribution in [2.24, 2.45) is 0 Å². The van der Waals surface area contributed by atoms with Gasteiger partial charge in [-0.1, -0.05) is 18.2 Å². The van der Waals surface area contributed by atoms with Crippen LogP contribution in [-0.4, -0.2) is 55.0 Å². The zero-order valence-corrected chi connectivity index (χ0v) is 17.5. The Labute approximate surface area is 176 Å². The summed E-state index contributed by atoms with van der Waals surface area (Å²) >= 11 is 0. The van der Waals surface area contributed by atoms with Crippen LogP contribution in [0, 0.1) is 0 Å². The minimum atomic E-state index is -0.646. The summed E-state index contributed by atoms with van der Waals surface area (Å²) in [5.41, 5.74) is 1.99. The Morgan fingerprint density at radius 3 is 2.50 bits per heavy atom. The summed E-state index contributed by atoms with van der Waals surface area (Å²) in [5.74, 6) is 1.06. The third kappa shape index (κ3) is 5.31. The van der Waals surface area contributed by atoms with Crippen LogP contribution in [0.3, 0.4) is 0 Å². The number of carbonyl (C=O) groups is 2. The first-order chi connectivity index (χ1) is 14.5. The summed E-state index contributed by atoms with van der Waals surface area (Å²) in [6, 6.07) is 14.5. The van der Waals surface area contributed by atoms with E-state index in [4.69, 9.17) is 9.47 Å². The van der Waals surface area contributed by atoms with Crippen LogP contribution < -0.4 is 14.8 Å². The number of fused-ring (bicyclic) bond motifs is 1. The van der Waals surface area contributed by atoms with Crippen LogP contribution in [0.1, 0.15) is 12.5 Å². The lowest BCUT2D eigenvalue weighted by molar-refractivity contribution is -0.135. The van der Waals surface area contributed by atoms with Gasteiger partial charge < -0.3 is 24.7 Å². The molecule has 0 aliphatic heterocycles. The van der Waals surface area contributed by atoms with E-state index >= 15 is 0 Å². The number of para-hydroxylation sites is 1. The van der Waals surface area contributed by atoms with E-state index in [9.17, 15) is 9.59 Å². The molecule has 3 aromatic rings. The summed E-state index contributed by atoms with van der Waals surface area (Å²) < 4.78 is 10.8. The maximum absolute atomic E-state index is 13.0. The molecule has 2 amide bonds. The molecule has 0 fully saturated rings. The molecule has 2 N–H and O–H groups in total. The highest BCUT2D eigenvalue weighted by molar-refractivity contribution is 5.89. The van der Waals surface area contributed by atoms with Gasteiger partial charge in [0.25, 0.3) is 0 Å². The van der Waals surface area contributed by atoms with Gasteiger partial charge in [0.15, 0.2) is 0 Å². The first-order valence-corrected chi connectivity index (χ1v) is 9.82. The molecule has 0 bridgehead atoms. The molecule has 1 heterocycles. The largest absolute Gasteiger partial charge is 0.497 e. The van der Waals surface area contributed by atoms with Crippen LogP contribution in [-0.2, 0) is 16.0 Å². The van der Waals surface area contributed by atoms with Gasteiger partial charge in [-0.25, -0.2) is 0 Å². The minimum Gasteiger partial charge on any atom is -0.497 e. The predicted octanol–water partition coefficient (Wildman–Crippen LogP) is 2.76. The highest BCUT2D eigenvalue weighted by Crippen LogP contribution is 2.20. The number of carbonyl (C=O) groups excluding carboxylic acids is 2. The average Bonchev–Trinajstić information content (AvgIpc) is 3.15. The lowest BCUT2D eigenvalue weighted by Gasteiger charge is -2.24. The Morgan fingerprint density at radius 1 is 1.10 bits per heavy atom. The summed E-state index contributed by atoms with van der Waals surface area (Å²) in [6.45, 7) is 2.16. The fraction of sp³-hybridized carbons (Fsp3) is 0.304. The summed E-state index contributed by atoms with van der Waals surface area (Å²) in [7, 11) is 3.32. The van der Waals surface area contributed by atoms with Gasteiger partial charge in [-0.3, -0.25) is 9.59 Å². The van der Waals surface area contributed by atoms with Crippen LogP contribution in [0.5, 0.6) is 11.5 Å². The number of benzene rings is 2. The molecule has 0 spiro atoms. The van der Waals surface area contributed by atoms with Crippen LogP contribution in [0.4, 0.5) is 0 Å². The van der Waals surface area contributed by atoms with Crippen molar-refractivity contribution in [3.05, 3.63) is 60.3 Å². The van der Waals surface area contributed by atoms with Gasteiger partial charge in [0.05, 0.1) is 13.7 Å². The number of ether oxygens (including phenoxy) is 2. The van der Waals surface area contributed by atoms with Gasteiger partial charge in [-0.05, 0) is 35.9 Å². The van der Waals surface area contributed by atoms with Crippen molar-refractivity contribution in [3.8, 4) is 11.5 Å². The Balaban J connectivity index is 1.61. The van der Waals surface area contributed by atoms with Crippen molar-refractivity contribution >= 4 is 22.7 Å². The Morgan fingerprint density at radius 2 is 1.80 bits per heavy atom. The van der Waals surface area contributed by atoms with Gasteiger partial charge >= 0.3 is 0 Å². The molecule has 2 aromatic carbocycles. The van der Waals surface area contributed by atoms with Crippen molar-refractivity contribution in [1.82, 2.24) is 15.2 Å². The van der Waals surface area contributed by atoms with E-state index in [2.05, 4.69) is 10.3 Å². The van der Waals surface area contributed by atoms with E-state index in [0.717, 1.165) is 22.2 Å². The van der Waals surface area contributed by atoms with Gasteiger partial charge in [-0.2, -0.15) is 0 Å². The number of likely N-dealkylation sites (N-methyl/N-ethyl adjacent to an activating group) is 1. The van der Waals surface area contributed by atoms with Gasteiger partial charge in [0, 0.05) is 37.5 Å². The SMILES string of the molecule is COc1ccc(OCCN(C)C(=O)[C@H](Cc2c[nH]c3ccccc23)NC(C)=O)cc1. The van der Waals surface area contributed by atoms with E-state index in [1.807, 2.05) is 54.7 Å². The van der Waals surface area contributed by atoms with E-state index in [1.165, 1.54) is 6.92 Å². The smallest absolute Gasteiger partial charge is 0.245 e. The molecule has 0 aliphatic carbocycles. The van der Waals surface area contributed by atoms with Crippen molar-refractivity contribution in [2.45, 2.75) is 19.4 Å². The fourth-order valence-corrected chi connectivity index (χ4v) is 3.31. The van der Waals surface area contributed by atoms with Crippen molar-refractivity contribution in [2.75, 3.05) is 27.3 Å². The number of nitrogens with one attached hydrogen (secondary N) is 2. The normalized spacial score (nSPS) is 11.7. The Kier molecular flexibility index (Phi) is 6.95. The van der Waals surface area contributed by atoms with E-state index < -0.39 is 6.04 Å². The molecule has 0 saturated carbocycles. The second-order valence-electron chi connectivity index (χ2n) is 7.10. The molecule has 30 heavy (non-hydrogen) atoms. The number of nitrogens with zero attached hydrogens (tertiary/aromatic N) is 1. The van der Waals surface area contributed by atoms with Crippen LogP contribution in [0.25, 0.3) is 10.9 Å². The second kappa shape index (κ2) is 9.82. The quantitative estimate of drug-likeness (QED) is 0.569. The number of H-pyrrole nitrogens is 1. The first-order valence-electron chi connectivity index (χ1n) is 9.82. The lowest BCUT2D eigenvalue weighted by Crippen LogP contribution is -2.48. The molecule has 3 rings (SSSR count). The topological polar surface area (TPSA) is 83.7 Å². The Bertz CT molecular complexity index is 997. The molecular formula is C23H27N3O4. The molecule has 1 aromatic heterocycles. The molecule has 0 aliphatic rings. The van der Waals surface area contributed by atoms with Gasteiger partial charge in [0.2, 0.25) is 11.8 Å². The third-order valence-corrected chi connectivity index (χ3v) is 4.91. The monoisotopic (exact) mass is 409 g/mol. The number of amides is 2. The summed E-state index contributed by atoms with van der Waals surface area (Å²) in [4.78, 5) is 29.5. The van der Waals surface area contributed by atoms with E-state index in [0.29, 0.717) is 25.3 Å². The first kappa shape index (κ1) is 21.2. The zero-order valence-electron chi connectivity index (χ0n) is 17.5. The molecule has 0 unspecified atom stereocenters. The van der Waals surface area contributed by atoms with Gasteiger partial charge in [0.1, 0.15) is 24.1 Å². The zero-order chi connectivity index (χ0) is 21.5. The summed E-state index contributed by atoms with van der Waals surface area (Å²) in [6.07, 6.45) is 2.30. The maximum Gasteiger partial charge on any atom is 0.245 e.